The van der Waals surface area contributed by atoms with Crippen LogP contribution in [0.4, 0.5) is 10.1 Å². The molecule has 3 aliphatic heterocycles. The molecule has 39 heavy (non-hydrogen) atoms. The molecule has 10 nitrogen and oxygen atoms in total. The Morgan fingerprint density at radius 1 is 1.10 bits per heavy atom. The number of hydrazine groups is 1. The maximum Gasteiger partial charge on any atom is 0.265 e. The van der Waals surface area contributed by atoms with E-state index in [1.54, 1.807) is 17.0 Å². The lowest BCUT2D eigenvalue weighted by Gasteiger charge is -2.44. The van der Waals surface area contributed by atoms with Crippen molar-refractivity contribution in [2.45, 2.75) is 57.3 Å². The maximum atomic E-state index is 15.2. The van der Waals surface area contributed by atoms with Gasteiger partial charge in [0, 0.05) is 57.6 Å². The second kappa shape index (κ2) is 10.4. The van der Waals surface area contributed by atoms with Crippen LogP contribution in [0.5, 0.6) is 0 Å². The molecular formula is C28H39FN8O2. The lowest BCUT2D eigenvalue weighted by atomic mass is 9.67. The van der Waals surface area contributed by atoms with E-state index in [0.29, 0.717) is 12.6 Å². The minimum absolute atomic E-state index is 0.165. The zero-order valence-electron chi connectivity index (χ0n) is 22.9. The highest BCUT2D eigenvalue weighted by molar-refractivity contribution is 6.05. The highest BCUT2D eigenvalue weighted by atomic mass is 19.1. The Balaban J connectivity index is 1.19. The fourth-order valence-corrected chi connectivity index (χ4v) is 6.46. The molecule has 3 heterocycles. The Labute approximate surface area is 229 Å². The summed E-state index contributed by atoms with van der Waals surface area (Å²) in [6, 6.07) is 4.82. The zero-order chi connectivity index (χ0) is 27.1. The lowest BCUT2D eigenvalue weighted by molar-refractivity contribution is -0.144. The SMILES string of the molecule is CN1CCN(NC(=O)c2ccc(NC3N=C4C(=CN3)N(C)C(=O)C3(CCC3)CN4C3CCCC3)c(F)c2)CC1. The number of aliphatic imine (C=N–C) groups is 1. The van der Waals surface area contributed by atoms with Gasteiger partial charge in [-0.1, -0.05) is 19.3 Å². The van der Waals surface area contributed by atoms with Crippen molar-refractivity contribution < 1.29 is 14.0 Å². The van der Waals surface area contributed by atoms with Crippen molar-refractivity contribution in [3.8, 4) is 0 Å². The van der Waals surface area contributed by atoms with E-state index in [1.807, 2.05) is 25.3 Å². The highest BCUT2D eigenvalue weighted by Crippen LogP contribution is 2.47. The van der Waals surface area contributed by atoms with Gasteiger partial charge in [0.2, 0.25) is 5.91 Å². The fourth-order valence-electron chi connectivity index (χ4n) is 6.46. The number of carbonyl (C=O) groups excluding carboxylic acids is 2. The monoisotopic (exact) mass is 538 g/mol. The first-order valence-electron chi connectivity index (χ1n) is 14.2. The van der Waals surface area contributed by atoms with Gasteiger partial charge in [-0.15, -0.1) is 0 Å². The number of halogens is 1. The zero-order valence-corrected chi connectivity index (χ0v) is 22.9. The van der Waals surface area contributed by atoms with Crippen LogP contribution in [-0.2, 0) is 4.79 Å². The summed E-state index contributed by atoms with van der Waals surface area (Å²) >= 11 is 0. The molecule has 2 amide bonds. The molecule has 0 radical (unpaired) electrons. The molecule has 0 aromatic heterocycles. The van der Waals surface area contributed by atoms with Crippen LogP contribution in [0.1, 0.15) is 55.3 Å². The number of amidine groups is 1. The Bertz CT molecular complexity index is 1180. The first kappa shape index (κ1) is 26.1. The molecule has 1 atom stereocenters. The number of piperazine rings is 1. The number of benzene rings is 1. The Hall–Kier alpha value is -3.18. The van der Waals surface area contributed by atoms with Crippen molar-refractivity contribution in [1.29, 1.82) is 0 Å². The topological polar surface area (TPSA) is 95.5 Å². The average Bonchev–Trinajstić information content (AvgIpc) is 3.42. The molecule has 0 bridgehead atoms. The maximum absolute atomic E-state index is 15.2. The molecule has 1 spiro atoms. The van der Waals surface area contributed by atoms with Crippen molar-refractivity contribution in [3.05, 3.63) is 41.5 Å². The third-order valence-electron chi connectivity index (χ3n) is 9.09. The Morgan fingerprint density at radius 2 is 1.85 bits per heavy atom. The third-order valence-corrected chi connectivity index (χ3v) is 9.09. The number of nitrogens with zero attached hydrogens (tertiary/aromatic N) is 5. The minimum atomic E-state index is -0.605. The summed E-state index contributed by atoms with van der Waals surface area (Å²) in [5, 5.41) is 8.22. The van der Waals surface area contributed by atoms with E-state index in [1.165, 1.54) is 18.9 Å². The molecule has 2 saturated carbocycles. The van der Waals surface area contributed by atoms with Gasteiger partial charge in [-0.25, -0.2) is 14.4 Å². The highest BCUT2D eigenvalue weighted by Gasteiger charge is 2.52. The van der Waals surface area contributed by atoms with E-state index < -0.39 is 12.1 Å². The number of hydrogen-bond acceptors (Lipinski definition) is 8. The number of amides is 2. The van der Waals surface area contributed by atoms with Gasteiger partial charge in [-0.2, -0.15) is 0 Å². The van der Waals surface area contributed by atoms with Crippen LogP contribution >= 0.6 is 0 Å². The Kier molecular flexibility index (Phi) is 6.96. The number of likely N-dealkylation sites (N-methyl/N-ethyl adjacent to an activating group) is 2. The van der Waals surface area contributed by atoms with Crippen LogP contribution in [0, 0.1) is 11.2 Å². The summed E-state index contributed by atoms with van der Waals surface area (Å²) in [6.45, 7) is 3.89. The van der Waals surface area contributed by atoms with Crippen molar-refractivity contribution in [1.82, 2.24) is 30.5 Å². The number of carbonyl (C=O) groups is 2. The fraction of sp³-hybridized carbons (Fsp3) is 0.607. The summed E-state index contributed by atoms with van der Waals surface area (Å²) in [7, 11) is 3.89. The van der Waals surface area contributed by atoms with Gasteiger partial charge in [0.15, 0.2) is 12.1 Å². The summed E-state index contributed by atoms with van der Waals surface area (Å²) in [5.74, 6) is 0.114. The van der Waals surface area contributed by atoms with Crippen molar-refractivity contribution >= 4 is 23.3 Å². The van der Waals surface area contributed by atoms with Gasteiger partial charge in [0.25, 0.3) is 5.91 Å². The molecular weight excluding hydrogens is 499 g/mol. The molecule has 2 aliphatic carbocycles. The van der Waals surface area contributed by atoms with Gasteiger partial charge in [-0.05, 0) is 50.9 Å². The third kappa shape index (κ3) is 4.98. The lowest BCUT2D eigenvalue weighted by Crippen LogP contribution is -2.52. The summed E-state index contributed by atoms with van der Waals surface area (Å²) < 4.78 is 15.2. The van der Waals surface area contributed by atoms with Crippen molar-refractivity contribution in [2.75, 3.05) is 52.1 Å². The largest absolute Gasteiger partial charge is 0.351 e. The van der Waals surface area contributed by atoms with Crippen LogP contribution in [0.3, 0.4) is 0 Å². The second-order valence-electron chi connectivity index (χ2n) is 11.7. The number of nitrogens with one attached hydrogen (secondary N) is 3. The number of fused-ring (bicyclic) bond motifs is 1. The van der Waals surface area contributed by atoms with Gasteiger partial charge < -0.3 is 25.3 Å². The van der Waals surface area contributed by atoms with Gasteiger partial charge in [0.1, 0.15) is 11.5 Å². The standard InChI is InChI=1S/C28H39FN8O2/c1-34-12-14-36(15-13-34)33-25(38)19-8-9-22(21(29)16-19)31-27-30-17-23-24(32-27)37(20-6-3-4-7-20)18-28(10-5-11-28)26(39)35(23)2/h8-9,16-17,20,27,30-31H,3-7,10-15,18H2,1-2H3,(H,33,38). The molecule has 6 rings (SSSR count). The molecule has 1 unspecified atom stereocenters. The van der Waals surface area contributed by atoms with E-state index in [-0.39, 0.29) is 28.5 Å². The van der Waals surface area contributed by atoms with E-state index in [9.17, 15) is 9.59 Å². The van der Waals surface area contributed by atoms with Gasteiger partial charge in [0.05, 0.1) is 11.1 Å². The molecule has 2 saturated heterocycles. The number of rotatable bonds is 5. The normalized spacial score (nSPS) is 25.8. The molecule has 210 valence electrons. The molecule has 11 heteroatoms. The van der Waals surface area contributed by atoms with E-state index in [2.05, 4.69) is 25.9 Å². The van der Waals surface area contributed by atoms with E-state index in [0.717, 1.165) is 69.8 Å². The quantitative estimate of drug-likeness (QED) is 0.529. The summed E-state index contributed by atoms with van der Waals surface area (Å²) in [6.07, 6.45) is 8.68. The van der Waals surface area contributed by atoms with Crippen LogP contribution < -0.4 is 16.1 Å². The van der Waals surface area contributed by atoms with Crippen LogP contribution in [-0.4, -0.2) is 96.5 Å². The first-order chi connectivity index (χ1) is 18.8. The number of anilines is 1. The molecule has 3 N–H and O–H groups in total. The molecule has 5 aliphatic rings. The second-order valence-corrected chi connectivity index (χ2v) is 11.7. The predicted molar refractivity (Wildman–Crippen MR) is 147 cm³/mol. The number of hydrogen-bond donors (Lipinski definition) is 3. The predicted octanol–water partition coefficient (Wildman–Crippen LogP) is 2.14. The van der Waals surface area contributed by atoms with Crippen LogP contribution in [0.25, 0.3) is 0 Å². The van der Waals surface area contributed by atoms with Crippen LogP contribution in [0.15, 0.2) is 35.1 Å². The summed E-state index contributed by atoms with van der Waals surface area (Å²) in [5.41, 5.74) is 3.83. The molecule has 1 aromatic carbocycles. The Morgan fingerprint density at radius 3 is 2.51 bits per heavy atom. The van der Waals surface area contributed by atoms with Crippen molar-refractivity contribution in [2.24, 2.45) is 10.4 Å². The average molecular weight is 539 g/mol. The summed E-state index contributed by atoms with van der Waals surface area (Å²) in [4.78, 5) is 37.5. The van der Waals surface area contributed by atoms with Crippen LogP contribution in [0.2, 0.25) is 0 Å². The van der Waals surface area contributed by atoms with Gasteiger partial charge in [-0.3, -0.25) is 15.0 Å². The first-order valence-corrected chi connectivity index (χ1v) is 14.2. The van der Waals surface area contributed by atoms with E-state index >= 15 is 4.39 Å². The smallest absolute Gasteiger partial charge is 0.265 e. The van der Waals surface area contributed by atoms with Crippen molar-refractivity contribution in [3.63, 3.8) is 0 Å². The van der Waals surface area contributed by atoms with Gasteiger partial charge >= 0.3 is 0 Å². The minimum Gasteiger partial charge on any atom is -0.351 e. The molecule has 4 fully saturated rings. The van der Waals surface area contributed by atoms with E-state index in [4.69, 9.17) is 4.99 Å². The molecule has 1 aromatic rings.